The van der Waals surface area contributed by atoms with E-state index in [9.17, 15) is 0 Å². The first-order valence-electron chi connectivity index (χ1n) is 9.56. The Morgan fingerprint density at radius 1 is 1.26 bits per heavy atom. The normalized spacial score (nSPS) is 18.1. The van der Waals surface area contributed by atoms with Gasteiger partial charge in [0.2, 0.25) is 0 Å². The monoisotopic (exact) mass is 366 g/mol. The number of nitrogens with one attached hydrogen (secondary N) is 1. The molecule has 3 heterocycles. The number of ether oxygens (including phenoxy) is 1. The first kappa shape index (κ1) is 17.9. The SMILES string of the molecule is CCc1cc(NCc2cccc(CN3CCOC(C)C3)c2)n2ncnc2n1. The Hall–Kier alpha value is -2.51. The van der Waals surface area contributed by atoms with E-state index < -0.39 is 0 Å². The fourth-order valence-electron chi connectivity index (χ4n) is 3.49. The standard InChI is InChI=1S/C20H26N6O/c1-3-18-10-19(26-20(24-18)22-14-23-26)21-11-16-5-4-6-17(9-16)13-25-7-8-27-15(2)12-25/h4-6,9-10,14-15,21H,3,7-8,11-13H2,1-2H3. The minimum atomic E-state index is 0.313. The van der Waals surface area contributed by atoms with Gasteiger partial charge in [-0.25, -0.2) is 4.98 Å². The average molecular weight is 366 g/mol. The molecule has 1 aliphatic heterocycles. The Balaban J connectivity index is 1.45. The van der Waals surface area contributed by atoms with Crippen molar-refractivity contribution in [2.24, 2.45) is 0 Å². The van der Waals surface area contributed by atoms with E-state index in [0.717, 1.165) is 50.7 Å². The van der Waals surface area contributed by atoms with Crippen molar-refractivity contribution in [1.82, 2.24) is 24.5 Å². The molecule has 1 aliphatic rings. The minimum Gasteiger partial charge on any atom is -0.376 e. The Labute approximate surface area is 159 Å². The molecule has 0 saturated carbocycles. The molecule has 1 fully saturated rings. The van der Waals surface area contributed by atoms with Gasteiger partial charge in [-0.15, -0.1) is 0 Å². The van der Waals surface area contributed by atoms with Gasteiger partial charge in [0.1, 0.15) is 12.1 Å². The van der Waals surface area contributed by atoms with Gasteiger partial charge in [-0.2, -0.15) is 14.6 Å². The van der Waals surface area contributed by atoms with Crippen LogP contribution in [0.15, 0.2) is 36.7 Å². The number of rotatable bonds is 6. The molecule has 1 unspecified atom stereocenters. The lowest BCUT2D eigenvalue weighted by atomic mass is 10.1. The molecule has 0 aliphatic carbocycles. The second kappa shape index (κ2) is 8.02. The van der Waals surface area contributed by atoms with E-state index >= 15 is 0 Å². The lowest BCUT2D eigenvalue weighted by Gasteiger charge is -2.31. The van der Waals surface area contributed by atoms with Crippen LogP contribution in [0.4, 0.5) is 5.82 Å². The Kier molecular flexibility index (Phi) is 5.31. The van der Waals surface area contributed by atoms with E-state index in [-0.39, 0.29) is 0 Å². The first-order valence-corrected chi connectivity index (χ1v) is 9.56. The maximum Gasteiger partial charge on any atom is 0.254 e. The molecule has 0 bridgehead atoms. The van der Waals surface area contributed by atoms with E-state index in [1.54, 1.807) is 4.52 Å². The molecule has 1 atom stereocenters. The molecule has 1 N–H and O–H groups in total. The summed E-state index contributed by atoms with van der Waals surface area (Å²) in [7, 11) is 0. The third-order valence-electron chi connectivity index (χ3n) is 4.86. The molecule has 1 saturated heterocycles. The summed E-state index contributed by atoms with van der Waals surface area (Å²) in [6, 6.07) is 10.8. The second-order valence-electron chi connectivity index (χ2n) is 7.05. The van der Waals surface area contributed by atoms with Crippen molar-refractivity contribution in [2.75, 3.05) is 25.0 Å². The van der Waals surface area contributed by atoms with Crippen LogP contribution in [0.5, 0.6) is 0 Å². The summed E-state index contributed by atoms with van der Waals surface area (Å²) in [5, 5.41) is 7.76. The van der Waals surface area contributed by atoms with Gasteiger partial charge in [0.05, 0.1) is 12.7 Å². The molecular weight excluding hydrogens is 340 g/mol. The molecule has 0 radical (unpaired) electrons. The van der Waals surface area contributed by atoms with Crippen molar-refractivity contribution in [3.05, 3.63) is 53.5 Å². The highest BCUT2D eigenvalue weighted by atomic mass is 16.5. The number of fused-ring (bicyclic) bond motifs is 1. The highest BCUT2D eigenvalue weighted by molar-refractivity contribution is 5.45. The van der Waals surface area contributed by atoms with Crippen LogP contribution in [0, 0.1) is 0 Å². The Morgan fingerprint density at radius 3 is 3.00 bits per heavy atom. The predicted molar refractivity (Wildman–Crippen MR) is 105 cm³/mol. The summed E-state index contributed by atoms with van der Waals surface area (Å²) >= 11 is 0. The second-order valence-corrected chi connectivity index (χ2v) is 7.05. The molecule has 142 valence electrons. The van der Waals surface area contributed by atoms with Gasteiger partial charge < -0.3 is 10.1 Å². The van der Waals surface area contributed by atoms with E-state index in [1.807, 2.05) is 6.07 Å². The largest absolute Gasteiger partial charge is 0.376 e. The average Bonchev–Trinajstić information content (AvgIpc) is 3.15. The Morgan fingerprint density at radius 2 is 2.15 bits per heavy atom. The zero-order valence-corrected chi connectivity index (χ0v) is 15.9. The van der Waals surface area contributed by atoms with Crippen LogP contribution in [-0.4, -0.2) is 50.3 Å². The van der Waals surface area contributed by atoms with Gasteiger partial charge in [0, 0.05) is 37.9 Å². The number of hydrogen-bond acceptors (Lipinski definition) is 6. The number of hydrogen-bond donors (Lipinski definition) is 1. The van der Waals surface area contributed by atoms with Crippen LogP contribution in [-0.2, 0) is 24.2 Å². The third kappa shape index (κ3) is 4.26. The summed E-state index contributed by atoms with van der Waals surface area (Å²) < 4.78 is 7.38. The van der Waals surface area contributed by atoms with E-state index in [0.29, 0.717) is 11.9 Å². The van der Waals surface area contributed by atoms with Crippen LogP contribution >= 0.6 is 0 Å². The number of anilines is 1. The van der Waals surface area contributed by atoms with Crippen molar-refractivity contribution in [1.29, 1.82) is 0 Å². The van der Waals surface area contributed by atoms with Gasteiger partial charge in [0.15, 0.2) is 0 Å². The van der Waals surface area contributed by atoms with E-state index in [4.69, 9.17) is 4.74 Å². The topological polar surface area (TPSA) is 67.6 Å². The van der Waals surface area contributed by atoms with Crippen LogP contribution in [0.3, 0.4) is 0 Å². The molecule has 4 rings (SSSR count). The van der Waals surface area contributed by atoms with Gasteiger partial charge in [-0.05, 0) is 24.5 Å². The fraction of sp³-hybridized carbons (Fsp3) is 0.450. The van der Waals surface area contributed by atoms with Crippen molar-refractivity contribution >= 4 is 11.6 Å². The van der Waals surface area contributed by atoms with Crippen molar-refractivity contribution in [2.45, 2.75) is 39.5 Å². The lowest BCUT2D eigenvalue weighted by Crippen LogP contribution is -2.40. The van der Waals surface area contributed by atoms with Crippen molar-refractivity contribution < 1.29 is 4.74 Å². The van der Waals surface area contributed by atoms with Gasteiger partial charge >= 0.3 is 0 Å². The smallest absolute Gasteiger partial charge is 0.254 e. The van der Waals surface area contributed by atoms with Crippen molar-refractivity contribution in [3.8, 4) is 0 Å². The molecule has 0 amide bonds. The Bertz CT molecular complexity index is 908. The van der Waals surface area contributed by atoms with Crippen LogP contribution in [0.25, 0.3) is 5.78 Å². The van der Waals surface area contributed by atoms with Gasteiger partial charge in [0.25, 0.3) is 5.78 Å². The summed E-state index contributed by atoms with van der Waals surface area (Å²) in [6.07, 6.45) is 2.72. The number of aryl methyl sites for hydroxylation is 1. The number of aromatic nitrogens is 4. The highest BCUT2D eigenvalue weighted by Crippen LogP contribution is 2.15. The number of benzene rings is 1. The molecule has 1 aromatic carbocycles. The first-order chi connectivity index (χ1) is 13.2. The summed E-state index contributed by atoms with van der Waals surface area (Å²) in [4.78, 5) is 11.2. The summed E-state index contributed by atoms with van der Waals surface area (Å²) in [5.74, 6) is 1.55. The maximum absolute atomic E-state index is 5.63. The van der Waals surface area contributed by atoms with Crippen molar-refractivity contribution in [3.63, 3.8) is 0 Å². The summed E-state index contributed by atoms with van der Waals surface area (Å²) in [6.45, 7) is 8.72. The molecule has 7 nitrogen and oxygen atoms in total. The fourth-order valence-corrected chi connectivity index (χ4v) is 3.49. The third-order valence-corrected chi connectivity index (χ3v) is 4.86. The molecule has 3 aromatic rings. The molecular formula is C20H26N6O. The minimum absolute atomic E-state index is 0.313. The van der Waals surface area contributed by atoms with E-state index in [2.05, 4.69) is 63.4 Å². The van der Waals surface area contributed by atoms with Gasteiger partial charge in [-0.1, -0.05) is 31.2 Å². The lowest BCUT2D eigenvalue weighted by molar-refractivity contribution is -0.0212. The molecule has 2 aromatic heterocycles. The predicted octanol–water partition coefficient (Wildman–Crippen LogP) is 2.52. The maximum atomic E-state index is 5.63. The highest BCUT2D eigenvalue weighted by Gasteiger charge is 2.16. The van der Waals surface area contributed by atoms with Crippen LogP contribution < -0.4 is 5.32 Å². The quantitative estimate of drug-likeness (QED) is 0.723. The molecule has 27 heavy (non-hydrogen) atoms. The molecule has 7 heteroatoms. The zero-order chi connectivity index (χ0) is 18.6. The number of morpholine rings is 1. The molecule has 0 spiro atoms. The van der Waals surface area contributed by atoms with Crippen LogP contribution in [0.2, 0.25) is 0 Å². The summed E-state index contributed by atoms with van der Waals surface area (Å²) in [5.41, 5.74) is 3.59. The zero-order valence-electron chi connectivity index (χ0n) is 15.9. The number of nitrogens with zero attached hydrogens (tertiary/aromatic N) is 5. The van der Waals surface area contributed by atoms with E-state index in [1.165, 1.54) is 17.5 Å². The van der Waals surface area contributed by atoms with Gasteiger partial charge in [-0.3, -0.25) is 4.90 Å². The van der Waals surface area contributed by atoms with Crippen LogP contribution in [0.1, 0.15) is 30.7 Å².